The first kappa shape index (κ1) is 23.1. The van der Waals surface area contributed by atoms with Crippen LogP contribution in [0.25, 0.3) is 0 Å². The van der Waals surface area contributed by atoms with E-state index in [0.717, 1.165) is 30.3 Å². The van der Waals surface area contributed by atoms with Crippen molar-refractivity contribution in [2.24, 2.45) is 0 Å². The van der Waals surface area contributed by atoms with Crippen molar-refractivity contribution in [3.05, 3.63) is 71.3 Å². The molecule has 1 amide bonds. The van der Waals surface area contributed by atoms with E-state index < -0.39 is 40.5 Å². The van der Waals surface area contributed by atoms with Crippen LogP contribution in [-0.2, 0) is 6.18 Å². The van der Waals surface area contributed by atoms with Crippen molar-refractivity contribution in [2.45, 2.75) is 12.5 Å². The van der Waals surface area contributed by atoms with E-state index in [-0.39, 0.29) is 17.0 Å². The second-order valence-electron chi connectivity index (χ2n) is 6.03. The van der Waals surface area contributed by atoms with Crippen molar-refractivity contribution < 1.29 is 40.6 Å². The van der Waals surface area contributed by atoms with Crippen LogP contribution in [0, 0.1) is 0 Å². The first-order valence-corrected chi connectivity index (χ1v) is 8.81. The highest BCUT2D eigenvalue weighted by molar-refractivity contribution is 6.32. The van der Waals surface area contributed by atoms with Crippen LogP contribution in [0.15, 0.2) is 55.1 Å². The Bertz CT molecular complexity index is 1110. The summed E-state index contributed by atoms with van der Waals surface area (Å²) in [7, 11) is 0. The molecule has 0 bridgehead atoms. The van der Waals surface area contributed by atoms with Gasteiger partial charge in [-0.05, 0) is 36.4 Å². The molecule has 0 saturated heterocycles. The number of nitrogens with one attached hydrogen (secondary N) is 1. The van der Waals surface area contributed by atoms with Crippen LogP contribution >= 0.6 is 11.6 Å². The maximum Gasteiger partial charge on any atom is 0.573 e. The third-order valence-corrected chi connectivity index (χ3v) is 4.04. The third kappa shape index (κ3) is 6.00. The van der Waals surface area contributed by atoms with E-state index in [9.17, 15) is 31.1 Å². The zero-order valence-electron chi connectivity index (χ0n) is 15.5. The molecule has 2 aromatic carbocycles. The Labute approximate surface area is 180 Å². The van der Waals surface area contributed by atoms with E-state index in [1.165, 1.54) is 18.7 Å². The zero-order chi connectivity index (χ0) is 23.5. The van der Waals surface area contributed by atoms with Gasteiger partial charge in [-0.3, -0.25) is 4.79 Å². The fourth-order valence-electron chi connectivity index (χ4n) is 2.43. The monoisotopic (exact) mass is 477 g/mol. The molecule has 6 nitrogen and oxygen atoms in total. The fourth-order valence-corrected chi connectivity index (χ4v) is 2.70. The minimum Gasteiger partial charge on any atom is -0.457 e. The minimum absolute atomic E-state index is 0.146. The van der Waals surface area contributed by atoms with E-state index in [4.69, 9.17) is 16.3 Å². The third-order valence-electron chi connectivity index (χ3n) is 3.72. The lowest BCUT2D eigenvalue weighted by atomic mass is 10.1. The first-order chi connectivity index (χ1) is 14.9. The summed E-state index contributed by atoms with van der Waals surface area (Å²) in [5.74, 6) is -2.16. The summed E-state index contributed by atoms with van der Waals surface area (Å²) < 4.78 is 85.7. The van der Waals surface area contributed by atoms with Crippen molar-refractivity contribution in [3.63, 3.8) is 0 Å². The fraction of sp³-hybridized carbons (Fsp3) is 0.105. The van der Waals surface area contributed by atoms with Gasteiger partial charge in [0.05, 0.1) is 34.2 Å². The number of nitrogens with zero attached hydrogens (tertiary/aromatic N) is 2. The van der Waals surface area contributed by atoms with Gasteiger partial charge in [-0.25, -0.2) is 9.97 Å². The Balaban J connectivity index is 1.95. The molecule has 0 aliphatic rings. The normalized spacial score (nSPS) is 11.7. The number of hydrogen-bond donors (Lipinski definition) is 1. The van der Waals surface area contributed by atoms with Crippen LogP contribution in [0.1, 0.15) is 15.9 Å². The lowest BCUT2D eigenvalue weighted by Crippen LogP contribution is -2.17. The van der Waals surface area contributed by atoms with Gasteiger partial charge in [-0.2, -0.15) is 13.2 Å². The molecule has 3 rings (SSSR count). The molecule has 0 saturated carbocycles. The van der Waals surface area contributed by atoms with E-state index in [0.29, 0.717) is 6.07 Å². The summed E-state index contributed by atoms with van der Waals surface area (Å²) in [6.07, 6.45) is -6.09. The van der Waals surface area contributed by atoms with Gasteiger partial charge in [-0.1, -0.05) is 11.6 Å². The van der Waals surface area contributed by atoms with Crippen molar-refractivity contribution >= 4 is 23.2 Å². The summed E-state index contributed by atoms with van der Waals surface area (Å²) in [6, 6.07) is 5.11. The summed E-state index contributed by atoms with van der Waals surface area (Å²) in [5, 5.41) is 1.62. The standard InChI is InChI=1S/C19H10ClF6N3O3/c20-15-5-13(17(30)29-10-7-27-9-28-8-10)16(6-14(15)18(21,22)23)31-11-1-3-12(4-2-11)32-19(24,25)26/h1-9H,(H,29,30). The molecule has 0 radical (unpaired) electrons. The number of amides is 1. The topological polar surface area (TPSA) is 73.3 Å². The number of carbonyl (C=O) groups is 1. The molecule has 0 fully saturated rings. The van der Waals surface area contributed by atoms with E-state index in [1.54, 1.807) is 0 Å². The van der Waals surface area contributed by atoms with Crippen LogP contribution in [0.2, 0.25) is 5.02 Å². The molecule has 0 unspecified atom stereocenters. The van der Waals surface area contributed by atoms with Crippen molar-refractivity contribution in [2.75, 3.05) is 5.32 Å². The lowest BCUT2D eigenvalue weighted by Gasteiger charge is -2.16. The molecule has 0 aliphatic heterocycles. The Morgan fingerprint density at radius 1 is 0.938 bits per heavy atom. The number of aromatic nitrogens is 2. The number of hydrogen-bond acceptors (Lipinski definition) is 5. The molecule has 1 heterocycles. The Hall–Kier alpha value is -3.54. The molecule has 168 valence electrons. The molecule has 0 aliphatic carbocycles. The molecular weight excluding hydrogens is 468 g/mol. The van der Waals surface area contributed by atoms with Gasteiger partial charge < -0.3 is 14.8 Å². The maximum absolute atomic E-state index is 13.3. The number of rotatable bonds is 5. The predicted molar refractivity (Wildman–Crippen MR) is 99.6 cm³/mol. The van der Waals surface area contributed by atoms with Gasteiger partial charge in [0.25, 0.3) is 5.91 Å². The highest BCUT2D eigenvalue weighted by atomic mass is 35.5. The Morgan fingerprint density at radius 2 is 1.53 bits per heavy atom. The number of alkyl halides is 6. The van der Waals surface area contributed by atoms with Crippen LogP contribution in [0.3, 0.4) is 0 Å². The Kier molecular flexibility index (Phi) is 6.44. The SMILES string of the molecule is O=C(Nc1cncnc1)c1cc(Cl)c(C(F)(F)F)cc1Oc1ccc(OC(F)(F)F)cc1. The average Bonchev–Trinajstić information content (AvgIpc) is 2.69. The molecule has 32 heavy (non-hydrogen) atoms. The molecule has 0 spiro atoms. The first-order valence-electron chi connectivity index (χ1n) is 8.43. The molecule has 1 N–H and O–H groups in total. The van der Waals surface area contributed by atoms with Gasteiger partial charge in [0.1, 0.15) is 23.6 Å². The summed E-state index contributed by atoms with van der Waals surface area (Å²) in [5.41, 5.74) is -1.50. The average molecular weight is 478 g/mol. The van der Waals surface area contributed by atoms with Crippen LogP contribution in [0.4, 0.5) is 32.0 Å². The molecular formula is C19H10ClF6N3O3. The molecule has 13 heteroatoms. The number of carbonyl (C=O) groups excluding carboxylic acids is 1. The largest absolute Gasteiger partial charge is 0.573 e. The molecule has 0 atom stereocenters. The summed E-state index contributed by atoms with van der Waals surface area (Å²) >= 11 is 5.72. The van der Waals surface area contributed by atoms with Crippen molar-refractivity contribution in [3.8, 4) is 17.2 Å². The van der Waals surface area contributed by atoms with Crippen molar-refractivity contribution in [1.29, 1.82) is 0 Å². The second kappa shape index (κ2) is 8.91. The Morgan fingerprint density at radius 3 is 2.09 bits per heavy atom. The van der Waals surface area contributed by atoms with Crippen LogP contribution in [-0.4, -0.2) is 22.2 Å². The maximum atomic E-state index is 13.3. The number of halogens is 7. The van der Waals surface area contributed by atoms with Crippen LogP contribution < -0.4 is 14.8 Å². The summed E-state index contributed by atoms with van der Waals surface area (Å²) in [6.45, 7) is 0. The van der Waals surface area contributed by atoms with Crippen LogP contribution in [0.5, 0.6) is 17.2 Å². The minimum atomic E-state index is -4.92. The van der Waals surface area contributed by atoms with Gasteiger partial charge in [-0.15, -0.1) is 13.2 Å². The smallest absolute Gasteiger partial charge is 0.457 e. The van der Waals surface area contributed by atoms with Crippen molar-refractivity contribution in [1.82, 2.24) is 9.97 Å². The van der Waals surface area contributed by atoms with Gasteiger partial charge in [0, 0.05) is 0 Å². The number of anilines is 1. The summed E-state index contributed by atoms with van der Waals surface area (Å²) in [4.78, 5) is 20.0. The van der Waals surface area contributed by atoms with E-state index >= 15 is 0 Å². The predicted octanol–water partition coefficient (Wildman–Crippen LogP) is 6.09. The van der Waals surface area contributed by atoms with E-state index in [2.05, 4.69) is 20.0 Å². The second-order valence-corrected chi connectivity index (χ2v) is 6.44. The van der Waals surface area contributed by atoms with Gasteiger partial charge in [0.15, 0.2) is 0 Å². The van der Waals surface area contributed by atoms with Gasteiger partial charge >= 0.3 is 12.5 Å². The quantitative estimate of drug-likeness (QED) is 0.450. The zero-order valence-corrected chi connectivity index (χ0v) is 16.2. The number of benzene rings is 2. The highest BCUT2D eigenvalue weighted by Gasteiger charge is 2.35. The molecule has 3 aromatic rings. The van der Waals surface area contributed by atoms with Gasteiger partial charge in [0.2, 0.25) is 0 Å². The number of ether oxygens (including phenoxy) is 2. The molecule has 1 aromatic heterocycles. The lowest BCUT2D eigenvalue weighted by molar-refractivity contribution is -0.274. The highest BCUT2D eigenvalue weighted by Crippen LogP contribution is 2.40. The van der Waals surface area contributed by atoms with E-state index in [1.807, 2.05) is 0 Å².